The van der Waals surface area contributed by atoms with Crippen LogP contribution in [-0.2, 0) is 9.47 Å². The first-order valence-corrected chi connectivity index (χ1v) is 4.54. The first-order valence-electron chi connectivity index (χ1n) is 4.54. The van der Waals surface area contributed by atoms with Crippen LogP contribution < -0.4 is 0 Å². The van der Waals surface area contributed by atoms with E-state index in [0.29, 0.717) is 6.61 Å². The monoisotopic (exact) mass is 218 g/mol. The van der Waals surface area contributed by atoms with E-state index in [-0.39, 0.29) is 59.4 Å². The van der Waals surface area contributed by atoms with E-state index in [1.807, 2.05) is 13.8 Å². The summed E-state index contributed by atoms with van der Waals surface area (Å²) in [5.41, 5.74) is 0. The molecular formula is C9H22CaO3. The molecule has 0 bridgehead atoms. The standard InChI is InChI=1S/C9H20O3.Ca.2H/c1-4-5-11-9(3)7-12-8(2)6-10;;;/h8-10H,4-7H2,1-3H3;;;/q;+2;2*-1. The van der Waals surface area contributed by atoms with E-state index >= 15 is 0 Å². The van der Waals surface area contributed by atoms with Crippen molar-refractivity contribution in [2.24, 2.45) is 0 Å². The van der Waals surface area contributed by atoms with Crippen LogP contribution >= 0.6 is 0 Å². The maximum Gasteiger partial charge on any atom is 2.00 e. The van der Waals surface area contributed by atoms with Crippen molar-refractivity contribution in [3.63, 3.8) is 0 Å². The summed E-state index contributed by atoms with van der Waals surface area (Å²) in [5.74, 6) is 0. The fourth-order valence-corrected chi connectivity index (χ4v) is 0.720. The third-order valence-electron chi connectivity index (χ3n) is 1.48. The topological polar surface area (TPSA) is 38.7 Å². The van der Waals surface area contributed by atoms with Crippen molar-refractivity contribution >= 4 is 37.7 Å². The molecule has 0 aliphatic carbocycles. The molecule has 0 saturated heterocycles. The van der Waals surface area contributed by atoms with Gasteiger partial charge < -0.3 is 17.4 Å². The molecule has 0 aromatic heterocycles. The Morgan fingerprint density at radius 3 is 2.31 bits per heavy atom. The van der Waals surface area contributed by atoms with Crippen LogP contribution in [0, 0.1) is 0 Å². The second-order valence-electron chi connectivity index (χ2n) is 3.01. The van der Waals surface area contributed by atoms with E-state index in [0.717, 1.165) is 13.0 Å². The molecule has 0 heterocycles. The van der Waals surface area contributed by atoms with Gasteiger partial charge in [-0.2, -0.15) is 0 Å². The van der Waals surface area contributed by atoms with Gasteiger partial charge in [0.15, 0.2) is 0 Å². The first kappa shape index (κ1) is 16.6. The average Bonchev–Trinajstić information content (AvgIpc) is 2.10. The molecule has 0 spiro atoms. The molecule has 0 aromatic carbocycles. The average molecular weight is 218 g/mol. The minimum absolute atomic E-state index is 0. The zero-order chi connectivity index (χ0) is 9.40. The van der Waals surface area contributed by atoms with Crippen LogP contribution in [0.2, 0.25) is 0 Å². The van der Waals surface area contributed by atoms with Gasteiger partial charge in [-0.15, -0.1) is 0 Å². The molecule has 3 nitrogen and oxygen atoms in total. The van der Waals surface area contributed by atoms with E-state index < -0.39 is 0 Å². The summed E-state index contributed by atoms with van der Waals surface area (Å²) in [6.07, 6.45) is 1.07. The molecule has 0 saturated carbocycles. The van der Waals surface area contributed by atoms with Crippen LogP contribution in [-0.4, -0.2) is 74.9 Å². The molecule has 13 heavy (non-hydrogen) atoms. The molecule has 0 fully saturated rings. The summed E-state index contributed by atoms with van der Waals surface area (Å²) in [5, 5.41) is 8.66. The second kappa shape index (κ2) is 11.2. The Bertz CT molecular complexity index is 109. The number of ether oxygens (including phenoxy) is 2. The molecule has 2 unspecified atom stereocenters. The Morgan fingerprint density at radius 1 is 1.23 bits per heavy atom. The molecule has 4 heteroatoms. The maximum atomic E-state index is 8.66. The Hall–Kier alpha value is 1.14. The van der Waals surface area contributed by atoms with Gasteiger partial charge in [0.2, 0.25) is 0 Å². The van der Waals surface area contributed by atoms with Gasteiger partial charge in [0.1, 0.15) is 0 Å². The van der Waals surface area contributed by atoms with Gasteiger partial charge in [0.25, 0.3) is 0 Å². The van der Waals surface area contributed by atoms with Crippen LogP contribution in [0.5, 0.6) is 0 Å². The van der Waals surface area contributed by atoms with Crippen LogP contribution in [0.15, 0.2) is 0 Å². The number of aliphatic hydroxyl groups excluding tert-OH is 1. The summed E-state index contributed by atoms with van der Waals surface area (Å²) in [6.45, 7) is 7.29. The third kappa shape index (κ3) is 11.1. The number of aliphatic hydroxyl groups is 1. The van der Waals surface area contributed by atoms with Gasteiger partial charge in [-0.25, -0.2) is 0 Å². The predicted octanol–water partition coefficient (Wildman–Crippen LogP) is 1.04. The largest absolute Gasteiger partial charge is 2.00 e. The normalized spacial score (nSPS) is 14.8. The zero-order valence-electron chi connectivity index (χ0n) is 11.0. The van der Waals surface area contributed by atoms with Crippen molar-refractivity contribution in [1.82, 2.24) is 0 Å². The predicted molar refractivity (Wildman–Crippen MR) is 56.2 cm³/mol. The fraction of sp³-hybridized carbons (Fsp3) is 1.00. The molecule has 0 aliphatic heterocycles. The summed E-state index contributed by atoms with van der Waals surface area (Å²) in [7, 11) is 0. The third-order valence-corrected chi connectivity index (χ3v) is 1.48. The van der Waals surface area contributed by atoms with Gasteiger partial charge in [0.05, 0.1) is 25.4 Å². The van der Waals surface area contributed by atoms with Crippen LogP contribution in [0.3, 0.4) is 0 Å². The molecule has 1 N–H and O–H groups in total. The quantitative estimate of drug-likeness (QED) is 0.649. The Labute approximate surface area is 114 Å². The molecule has 0 rings (SSSR count). The van der Waals surface area contributed by atoms with Crippen LogP contribution in [0.4, 0.5) is 0 Å². The zero-order valence-corrected chi connectivity index (χ0v) is 11.2. The first-order chi connectivity index (χ1) is 5.70. The summed E-state index contributed by atoms with van der Waals surface area (Å²) in [4.78, 5) is 0. The van der Waals surface area contributed by atoms with E-state index in [2.05, 4.69) is 6.92 Å². The van der Waals surface area contributed by atoms with E-state index in [1.54, 1.807) is 0 Å². The molecule has 0 radical (unpaired) electrons. The second-order valence-corrected chi connectivity index (χ2v) is 3.01. The summed E-state index contributed by atoms with van der Waals surface area (Å²) in [6, 6.07) is 0. The van der Waals surface area contributed by atoms with Gasteiger partial charge in [-0.1, -0.05) is 6.92 Å². The SMILES string of the molecule is CCCOC(C)COC(C)CO.[Ca+2].[H-].[H-]. The van der Waals surface area contributed by atoms with Crippen LogP contribution in [0.25, 0.3) is 0 Å². The smallest absolute Gasteiger partial charge is 1.00 e. The minimum Gasteiger partial charge on any atom is -1.00 e. The molecule has 0 amide bonds. The summed E-state index contributed by atoms with van der Waals surface area (Å²) < 4.78 is 10.7. The molecule has 0 aromatic rings. The van der Waals surface area contributed by atoms with Crippen molar-refractivity contribution in [1.29, 1.82) is 0 Å². The fourth-order valence-electron chi connectivity index (χ4n) is 0.720. The van der Waals surface area contributed by atoms with Crippen molar-refractivity contribution < 1.29 is 17.4 Å². The van der Waals surface area contributed by atoms with Crippen LogP contribution in [0.1, 0.15) is 30.0 Å². The molecule has 78 valence electrons. The Balaban J connectivity index is -0.000000202. The van der Waals surface area contributed by atoms with Gasteiger partial charge in [0, 0.05) is 6.61 Å². The minimum atomic E-state index is -0.0855. The van der Waals surface area contributed by atoms with Crippen molar-refractivity contribution in [2.75, 3.05) is 19.8 Å². The van der Waals surface area contributed by atoms with Crippen molar-refractivity contribution in [3.05, 3.63) is 0 Å². The van der Waals surface area contributed by atoms with E-state index in [1.165, 1.54) is 0 Å². The number of hydrogen-bond acceptors (Lipinski definition) is 3. The van der Waals surface area contributed by atoms with Crippen molar-refractivity contribution in [2.45, 2.75) is 39.4 Å². The summed E-state index contributed by atoms with van der Waals surface area (Å²) >= 11 is 0. The van der Waals surface area contributed by atoms with E-state index in [9.17, 15) is 0 Å². The molecular weight excluding hydrogens is 196 g/mol. The number of rotatable bonds is 7. The Morgan fingerprint density at radius 2 is 1.85 bits per heavy atom. The van der Waals surface area contributed by atoms with Gasteiger partial charge in [-0.3, -0.25) is 0 Å². The Kier molecular flexibility index (Phi) is 14.3. The van der Waals surface area contributed by atoms with Crippen molar-refractivity contribution in [3.8, 4) is 0 Å². The number of hydrogen-bond donors (Lipinski definition) is 1. The molecule has 0 aliphatic rings. The molecule has 2 atom stereocenters. The van der Waals surface area contributed by atoms with E-state index in [4.69, 9.17) is 14.6 Å². The van der Waals surface area contributed by atoms with Gasteiger partial charge >= 0.3 is 37.7 Å². The van der Waals surface area contributed by atoms with Gasteiger partial charge in [-0.05, 0) is 20.3 Å². The maximum absolute atomic E-state index is 8.66.